The molecule has 0 saturated carbocycles. The molecule has 1 aromatic heterocycles. The van der Waals surface area contributed by atoms with Crippen molar-refractivity contribution in [2.45, 2.75) is 32.6 Å². The maximum atomic E-state index is 5.27. The number of anilines is 2. The maximum absolute atomic E-state index is 5.27. The molecule has 4 N–H and O–H groups in total. The van der Waals surface area contributed by atoms with Crippen LogP contribution in [0, 0.1) is 0 Å². The van der Waals surface area contributed by atoms with Crippen LogP contribution in [0.3, 0.4) is 0 Å². The summed E-state index contributed by atoms with van der Waals surface area (Å²) in [4.78, 5) is 4.04. The molecule has 0 unspecified atom stereocenters. The smallest absolute Gasteiger partial charge is 0.141 e. The van der Waals surface area contributed by atoms with Gasteiger partial charge in [0, 0.05) is 24.5 Å². The topological polar surface area (TPSA) is 63.0 Å². The van der Waals surface area contributed by atoms with Crippen molar-refractivity contribution >= 4 is 11.5 Å². The third-order valence-electron chi connectivity index (χ3n) is 2.27. The van der Waals surface area contributed by atoms with Gasteiger partial charge in [-0.2, -0.15) is 0 Å². The predicted molar refractivity (Wildman–Crippen MR) is 64.7 cm³/mol. The van der Waals surface area contributed by atoms with Gasteiger partial charge in [-0.05, 0) is 12.5 Å². The number of nitrogens with one attached hydrogen (secondary N) is 2. The Kier molecular flexibility index (Phi) is 5.55. The van der Waals surface area contributed by atoms with Crippen molar-refractivity contribution in [2.75, 3.05) is 17.3 Å². The number of nitrogens with zero attached hydrogens (tertiary/aromatic N) is 1. The average molecular weight is 208 g/mol. The number of unbranched alkanes of at least 4 members (excludes halogenated alkanes) is 3. The molecule has 0 amide bonds. The highest BCUT2D eigenvalue weighted by Crippen LogP contribution is 2.11. The molecule has 0 radical (unpaired) electrons. The van der Waals surface area contributed by atoms with Gasteiger partial charge in [-0.1, -0.05) is 26.2 Å². The van der Waals surface area contributed by atoms with Crippen LogP contribution in [-0.4, -0.2) is 11.5 Å². The maximum Gasteiger partial charge on any atom is 0.141 e. The first-order valence-corrected chi connectivity index (χ1v) is 5.53. The molecule has 1 heterocycles. The summed E-state index contributed by atoms with van der Waals surface area (Å²) in [5.74, 6) is 5.96. The van der Waals surface area contributed by atoms with E-state index in [1.54, 1.807) is 6.20 Å². The largest absolute Gasteiger partial charge is 0.385 e. The quantitative estimate of drug-likeness (QED) is 0.366. The summed E-state index contributed by atoms with van der Waals surface area (Å²) < 4.78 is 0. The van der Waals surface area contributed by atoms with Crippen LogP contribution in [0.5, 0.6) is 0 Å². The standard InChI is InChI=1S/C11H20N4/c1-2-3-4-5-7-13-10-6-8-14-11(9-10)15-12/h6,8-9H,2-5,7,12H2,1H3,(H2,13,14,15). The molecule has 0 fully saturated rings. The predicted octanol–water partition coefficient (Wildman–Crippen LogP) is 2.36. The average Bonchev–Trinajstić information content (AvgIpc) is 2.29. The zero-order valence-corrected chi connectivity index (χ0v) is 9.29. The molecule has 0 atom stereocenters. The number of hydrogen-bond acceptors (Lipinski definition) is 4. The van der Waals surface area contributed by atoms with E-state index in [4.69, 9.17) is 5.84 Å². The van der Waals surface area contributed by atoms with Gasteiger partial charge in [0.1, 0.15) is 5.82 Å². The van der Waals surface area contributed by atoms with Crippen molar-refractivity contribution < 1.29 is 0 Å². The Labute approximate surface area is 91.3 Å². The molecule has 4 nitrogen and oxygen atoms in total. The van der Waals surface area contributed by atoms with Crippen LogP contribution in [0.15, 0.2) is 18.3 Å². The van der Waals surface area contributed by atoms with Crippen LogP contribution in [0.1, 0.15) is 32.6 Å². The SMILES string of the molecule is CCCCCCNc1ccnc(NN)c1. The molecular weight excluding hydrogens is 188 g/mol. The second-order valence-electron chi connectivity index (χ2n) is 3.56. The van der Waals surface area contributed by atoms with Gasteiger partial charge < -0.3 is 10.7 Å². The summed E-state index contributed by atoms with van der Waals surface area (Å²) in [6.07, 6.45) is 6.83. The number of nitrogen functional groups attached to an aromatic ring is 1. The Bertz CT molecular complexity index is 275. The summed E-state index contributed by atoms with van der Waals surface area (Å²) in [7, 11) is 0. The summed E-state index contributed by atoms with van der Waals surface area (Å²) in [6, 6.07) is 3.85. The number of hydrogen-bond donors (Lipinski definition) is 3. The normalized spacial score (nSPS) is 10.0. The zero-order chi connectivity index (χ0) is 10.9. The van der Waals surface area contributed by atoms with Crippen molar-refractivity contribution in [3.05, 3.63) is 18.3 Å². The molecule has 0 spiro atoms. The Hall–Kier alpha value is -1.29. The van der Waals surface area contributed by atoms with Gasteiger partial charge in [0.2, 0.25) is 0 Å². The van der Waals surface area contributed by atoms with Gasteiger partial charge in [0.15, 0.2) is 0 Å². The number of nitrogens with two attached hydrogens (primary N) is 1. The van der Waals surface area contributed by atoms with Gasteiger partial charge in [-0.25, -0.2) is 10.8 Å². The molecule has 0 aliphatic carbocycles. The van der Waals surface area contributed by atoms with Crippen LogP contribution in [-0.2, 0) is 0 Å². The molecule has 0 aromatic carbocycles. The number of hydrazine groups is 1. The highest BCUT2D eigenvalue weighted by atomic mass is 15.2. The summed E-state index contributed by atoms with van der Waals surface area (Å²) in [6.45, 7) is 3.23. The minimum Gasteiger partial charge on any atom is -0.385 e. The third-order valence-corrected chi connectivity index (χ3v) is 2.27. The van der Waals surface area contributed by atoms with Gasteiger partial charge in [0.05, 0.1) is 0 Å². The van der Waals surface area contributed by atoms with Gasteiger partial charge in [0.25, 0.3) is 0 Å². The lowest BCUT2D eigenvalue weighted by Gasteiger charge is -2.07. The van der Waals surface area contributed by atoms with Gasteiger partial charge in [-0.3, -0.25) is 0 Å². The highest BCUT2D eigenvalue weighted by Gasteiger charge is 1.94. The van der Waals surface area contributed by atoms with E-state index in [0.717, 1.165) is 12.2 Å². The van der Waals surface area contributed by atoms with E-state index >= 15 is 0 Å². The first-order valence-electron chi connectivity index (χ1n) is 5.53. The van der Waals surface area contributed by atoms with Crippen LogP contribution in [0.25, 0.3) is 0 Å². The summed E-state index contributed by atoms with van der Waals surface area (Å²) in [5.41, 5.74) is 3.59. The minimum atomic E-state index is 0.688. The summed E-state index contributed by atoms with van der Waals surface area (Å²) in [5, 5.41) is 3.34. The van der Waals surface area contributed by atoms with Gasteiger partial charge in [-0.15, -0.1) is 0 Å². The Morgan fingerprint density at radius 1 is 1.33 bits per heavy atom. The molecule has 15 heavy (non-hydrogen) atoms. The molecule has 0 aliphatic rings. The lowest BCUT2D eigenvalue weighted by molar-refractivity contribution is 0.685. The third kappa shape index (κ3) is 4.65. The molecule has 1 rings (SSSR count). The number of aromatic nitrogens is 1. The van der Waals surface area contributed by atoms with Gasteiger partial charge >= 0.3 is 0 Å². The number of rotatable bonds is 7. The van der Waals surface area contributed by atoms with E-state index in [1.165, 1.54) is 25.7 Å². The van der Waals surface area contributed by atoms with Crippen molar-refractivity contribution in [1.29, 1.82) is 0 Å². The van der Waals surface area contributed by atoms with Crippen LogP contribution in [0.2, 0.25) is 0 Å². The molecule has 0 aliphatic heterocycles. The lowest BCUT2D eigenvalue weighted by Crippen LogP contribution is -2.09. The van der Waals surface area contributed by atoms with E-state index in [0.29, 0.717) is 5.82 Å². The van der Waals surface area contributed by atoms with Crippen LogP contribution < -0.4 is 16.6 Å². The number of pyridine rings is 1. The first-order chi connectivity index (χ1) is 7.36. The molecule has 84 valence electrons. The van der Waals surface area contributed by atoms with E-state index < -0.39 is 0 Å². The Morgan fingerprint density at radius 2 is 2.20 bits per heavy atom. The Balaban J connectivity index is 2.24. The second kappa shape index (κ2) is 7.06. The van der Waals surface area contributed by atoms with Crippen molar-refractivity contribution in [3.8, 4) is 0 Å². The van der Waals surface area contributed by atoms with E-state index in [2.05, 4.69) is 22.7 Å². The summed E-state index contributed by atoms with van der Waals surface area (Å²) >= 11 is 0. The molecule has 0 saturated heterocycles. The molecule has 1 aromatic rings. The van der Waals surface area contributed by atoms with E-state index in [9.17, 15) is 0 Å². The fourth-order valence-corrected chi connectivity index (χ4v) is 1.40. The highest BCUT2D eigenvalue weighted by molar-refractivity contribution is 5.51. The van der Waals surface area contributed by atoms with Crippen molar-refractivity contribution in [3.63, 3.8) is 0 Å². The van der Waals surface area contributed by atoms with Crippen molar-refractivity contribution in [2.24, 2.45) is 5.84 Å². The van der Waals surface area contributed by atoms with Crippen molar-refractivity contribution in [1.82, 2.24) is 4.98 Å². The fourth-order valence-electron chi connectivity index (χ4n) is 1.40. The molecular formula is C11H20N4. The zero-order valence-electron chi connectivity index (χ0n) is 9.29. The fraction of sp³-hybridized carbons (Fsp3) is 0.545. The van der Waals surface area contributed by atoms with Crippen LogP contribution >= 0.6 is 0 Å². The monoisotopic (exact) mass is 208 g/mol. The lowest BCUT2D eigenvalue weighted by atomic mass is 10.2. The molecule has 0 bridgehead atoms. The minimum absolute atomic E-state index is 0.688. The molecule has 4 heteroatoms. The van der Waals surface area contributed by atoms with Crippen LogP contribution in [0.4, 0.5) is 11.5 Å². The van der Waals surface area contributed by atoms with E-state index in [-0.39, 0.29) is 0 Å². The Morgan fingerprint density at radius 3 is 2.93 bits per heavy atom. The first kappa shape index (κ1) is 11.8. The van der Waals surface area contributed by atoms with E-state index in [1.807, 2.05) is 12.1 Å². The second-order valence-corrected chi connectivity index (χ2v) is 3.56.